The van der Waals surface area contributed by atoms with Crippen molar-refractivity contribution in [1.29, 1.82) is 0 Å². The van der Waals surface area contributed by atoms with Crippen LogP contribution in [-0.4, -0.2) is 145 Å². The van der Waals surface area contributed by atoms with Gasteiger partial charge in [-0.15, -0.1) is 0 Å². The molecule has 0 radical (unpaired) electrons. The van der Waals surface area contributed by atoms with Gasteiger partial charge in [-0.1, -0.05) is 36.4 Å². The fourth-order valence-corrected chi connectivity index (χ4v) is 9.43. The molecule has 7 aromatic rings. The van der Waals surface area contributed by atoms with Gasteiger partial charge in [0.2, 0.25) is 31.9 Å². The molecule has 24 nitrogen and oxygen atoms in total. The number of carbonyl (C=O) groups excluding carboxylic acids is 2. The number of piperazine rings is 2. The predicted octanol–water partition coefficient (Wildman–Crippen LogP) is 9.96. The third-order valence-electron chi connectivity index (χ3n) is 12.2. The van der Waals surface area contributed by atoms with Gasteiger partial charge in [0.25, 0.3) is 5.69 Å². The number of non-ortho nitro benzene ring substituents is 1. The van der Waals surface area contributed by atoms with Gasteiger partial charge >= 0.3 is 24.7 Å². The first kappa shape index (κ1) is 63.8. The Hall–Kier alpha value is -8.81. The summed E-state index contributed by atoms with van der Waals surface area (Å²) in [6.07, 6.45) is 8.91. The second-order valence-electron chi connectivity index (χ2n) is 18.3. The number of nitro benzene ring substituents is 1. The SMILES string of the molecule is CS(=O)(=O)N1CCNCC1.Cc1ccc(Nc2ncc(-c3ccc(OC(F)F)cc3)cn2)cc1N.Cc1ccc(Nc2ncc(-c3ccc(OC(F)F)cc3)cn2)cc1NC(=O)N1CCN(S(C)(=O)=O)CC1.O=C(Cl)Oc1ccc([N+](=O)[O-])cc1.[2HH].[2H][2H]. The molecule has 31 heteroatoms. The monoisotopic (exact) mass is 1250 g/mol. The summed E-state index contributed by atoms with van der Waals surface area (Å²) in [5.74, 6) is 1.11. The zero-order valence-corrected chi connectivity index (χ0v) is 48.3. The molecule has 9 rings (SSSR count). The van der Waals surface area contributed by atoms with E-state index in [9.17, 15) is 54.1 Å². The molecule has 5 aromatic carbocycles. The molecular formula is C54H62ClF4N13O11S2. The fraction of sp³-hybridized carbons (Fsp3) is 0.259. The van der Waals surface area contributed by atoms with Crippen LogP contribution in [0.2, 0.25) is 0 Å². The number of hydrogen-bond acceptors (Lipinski definition) is 19. The smallest absolute Gasteiger partial charge is 0.409 e. The van der Waals surface area contributed by atoms with Crippen LogP contribution in [0.3, 0.4) is 0 Å². The van der Waals surface area contributed by atoms with Crippen molar-refractivity contribution in [2.75, 3.05) is 86.6 Å². The number of hydrogen-bond donors (Lipinski definition) is 5. The minimum Gasteiger partial charge on any atom is -0.435 e. The van der Waals surface area contributed by atoms with Crippen LogP contribution in [0.25, 0.3) is 22.3 Å². The number of nitrogens with one attached hydrogen (secondary N) is 4. The molecule has 6 N–H and O–H groups in total. The topological polar surface area (TPSA) is 309 Å². The lowest BCUT2D eigenvalue weighted by Gasteiger charge is -2.33. The molecule has 85 heavy (non-hydrogen) atoms. The number of aromatic nitrogens is 4. The standard InChI is InChI=1S/C24H26F2N6O4S.C18H16F2N4O.C7H4ClNO4.C5H12N2O2S.2H2/c1-16-3-6-19(13-21(16)30-24(33)31-9-11-32(12-10-31)37(2,34)35)29-23-27-14-18(15-28-23)17-4-7-20(8-5-17)36-22(25)26;1-11-2-5-14(8-16(11)21)24-18-22-9-13(10-23-18)12-3-6-15(7-4-12)25-17(19)20;8-7(10)13-6-3-1-5(2-4-6)9(11)12;1-10(8,9)7-4-2-6-3-5-7;;/h3-8,13-15,22H,9-12H2,1-2H3,(H,30,33)(H,27,28,29);2-10,17H,21H2,1H3,(H,22,23,24);1-4H;6H,2-5H2,1H3;2*1H/i;;;;1+1D;1+1. The zero-order chi connectivity index (χ0) is 63.8. The second-order valence-corrected chi connectivity index (χ2v) is 22.6. The number of anilines is 6. The van der Waals surface area contributed by atoms with Gasteiger partial charge in [-0.2, -0.15) is 26.2 Å². The maximum atomic E-state index is 12.7. The Labute approximate surface area is 496 Å². The number of nitrogens with two attached hydrogens (primary N) is 1. The van der Waals surface area contributed by atoms with Crippen LogP contribution in [0.15, 0.2) is 134 Å². The fourth-order valence-electron chi connectivity index (χ4n) is 7.67. The number of benzene rings is 5. The van der Waals surface area contributed by atoms with Gasteiger partial charge < -0.3 is 46.1 Å². The summed E-state index contributed by atoms with van der Waals surface area (Å²) in [4.78, 5) is 51.4. The quantitative estimate of drug-likeness (QED) is 0.0209. The van der Waals surface area contributed by atoms with Crippen molar-refractivity contribution in [3.63, 3.8) is 0 Å². The maximum absolute atomic E-state index is 12.7. The number of amides is 2. The first-order chi connectivity index (χ1) is 41.3. The summed E-state index contributed by atoms with van der Waals surface area (Å²) in [6, 6.07) is 28.2. The van der Waals surface area contributed by atoms with E-state index in [2.05, 4.69) is 55.4 Å². The van der Waals surface area contributed by atoms with Crippen LogP contribution in [-0.2, 0) is 20.0 Å². The van der Waals surface area contributed by atoms with Gasteiger partial charge in [0.05, 0.1) is 17.4 Å². The minimum absolute atomic E-state index is 0. The molecular weight excluding hydrogens is 1180 g/mol. The predicted molar refractivity (Wildman–Crippen MR) is 317 cm³/mol. The summed E-state index contributed by atoms with van der Waals surface area (Å²) in [6.45, 7) is 1.96. The summed E-state index contributed by atoms with van der Waals surface area (Å²) < 4.78 is 120. The Morgan fingerprint density at radius 1 is 0.647 bits per heavy atom. The number of urea groups is 1. The lowest BCUT2D eigenvalue weighted by Crippen LogP contribution is -2.51. The third-order valence-corrected chi connectivity index (χ3v) is 14.9. The van der Waals surface area contributed by atoms with Crippen molar-refractivity contribution in [1.82, 2.24) is 38.8 Å². The van der Waals surface area contributed by atoms with Gasteiger partial charge in [-0.05, 0) is 96.8 Å². The second kappa shape index (κ2) is 30.7. The number of alkyl halides is 4. The lowest BCUT2D eigenvalue weighted by molar-refractivity contribution is -0.384. The third kappa shape index (κ3) is 21.4. The van der Waals surface area contributed by atoms with Crippen LogP contribution < -0.4 is 41.2 Å². The van der Waals surface area contributed by atoms with Gasteiger partial charge in [-0.25, -0.2) is 46.4 Å². The number of nitro groups is 1. The molecule has 456 valence electrons. The Morgan fingerprint density at radius 3 is 1.47 bits per heavy atom. The van der Waals surface area contributed by atoms with Crippen molar-refractivity contribution >= 4 is 83.4 Å². The highest BCUT2D eigenvalue weighted by Gasteiger charge is 2.26. The van der Waals surface area contributed by atoms with Gasteiger partial charge in [0.1, 0.15) is 17.2 Å². The van der Waals surface area contributed by atoms with E-state index < -0.39 is 43.6 Å². The number of rotatable bonds is 15. The van der Waals surface area contributed by atoms with E-state index in [0.717, 1.165) is 52.8 Å². The molecule has 2 fully saturated rings. The molecule has 2 aromatic heterocycles. The molecule has 0 unspecified atom stereocenters. The maximum Gasteiger partial charge on any atom is 0.409 e. The summed E-state index contributed by atoms with van der Waals surface area (Å²) in [5, 5.41) is 22.3. The molecule has 0 spiro atoms. The average Bonchev–Trinajstić information content (AvgIpc) is 2.08. The molecule has 2 saturated heterocycles. The van der Waals surface area contributed by atoms with Crippen LogP contribution >= 0.6 is 11.6 Å². The van der Waals surface area contributed by atoms with E-state index >= 15 is 0 Å². The van der Waals surface area contributed by atoms with Crippen molar-refractivity contribution in [2.24, 2.45) is 0 Å². The molecule has 0 bridgehead atoms. The summed E-state index contributed by atoms with van der Waals surface area (Å²) >= 11 is 4.92. The lowest BCUT2D eigenvalue weighted by atomic mass is 10.1. The molecule has 2 aliphatic heterocycles. The minimum atomic E-state index is -3.28. The van der Waals surface area contributed by atoms with E-state index in [4.69, 9.17) is 20.3 Å². The Morgan fingerprint density at radius 2 is 1.07 bits per heavy atom. The first-order valence-corrected chi connectivity index (χ1v) is 29.4. The van der Waals surface area contributed by atoms with E-state index in [1.54, 1.807) is 60.0 Å². The first-order valence-electron chi connectivity index (χ1n) is 26.3. The van der Waals surface area contributed by atoms with Crippen molar-refractivity contribution in [3.8, 4) is 39.5 Å². The Balaban J connectivity index is 0.000000278. The van der Waals surface area contributed by atoms with Gasteiger partial charge in [-0.3, -0.25) is 10.1 Å². The number of nitrogen functional groups attached to an aromatic ring is 1. The van der Waals surface area contributed by atoms with Crippen LogP contribution in [0.4, 0.5) is 67.5 Å². The largest absolute Gasteiger partial charge is 0.435 e. The molecule has 0 saturated carbocycles. The van der Waals surface area contributed by atoms with Crippen molar-refractivity contribution < 1.29 is 67.5 Å². The van der Waals surface area contributed by atoms with Crippen molar-refractivity contribution in [3.05, 3.63) is 155 Å². The van der Waals surface area contributed by atoms with E-state index in [-0.39, 0.29) is 43.5 Å². The van der Waals surface area contributed by atoms with Crippen LogP contribution in [0.5, 0.6) is 17.2 Å². The number of nitrogens with zero attached hydrogens (tertiary/aromatic N) is 8. The van der Waals surface area contributed by atoms with E-state index in [1.807, 2.05) is 44.2 Å². The zero-order valence-electron chi connectivity index (χ0n) is 47.9. The molecule has 2 aliphatic rings. The summed E-state index contributed by atoms with van der Waals surface area (Å²) in [5.41, 5.74) is 12.4. The number of aryl methyl sites for hydroxylation is 2. The van der Waals surface area contributed by atoms with Crippen LogP contribution in [0.1, 0.15) is 15.5 Å². The molecule has 4 heterocycles. The number of halogens is 5. The number of ether oxygens (including phenoxy) is 3. The number of carbonyl (C=O) groups is 2. The highest BCUT2D eigenvalue weighted by atomic mass is 35.5. The van der Waals surface area contributed by atoms with E-state index in [1.165, 1.54) is 63.4 Å². The van der Waals surface area contributed by atoms with E-state index in [0.29, 0.717) is 60.7 Å². The average molecular weight is 1250 g/mol. The molecule has 0 aliphatic carbocycles. The van der Waals surface area contributed by atoms with Crippen LogP contribution in [0, 0.1) is 24.0 Å². The molecule has 0 atom stereocenters. The Bertz CT molecular complexity index is 3600. The van der Waals surface area contributed by atoms with Gasteiger partial charge in [0.15, 0.2) is 0 Å². The summed E-state index contributed by atoms with van der Waals surface area (Å²) in [7, 11) is -6.21. The normalized spacial score (nSPS) is 13.7. The highest BCUT2D eigenvalue weighted by molar-refractivity contribution is 7.88. The molecule has 2 amide bonds. The van der Waals surface area contributed by atoms with Gasteiger partial charge in [0, 0.05) is 139 Å². The number of sulfonamides is 2. The van der Waals surface area contributed by atoms with Crippen molar-refractivity contribution in [2.45, 2.75) is 27.1 Å². The Kier molecular flexibility index (Phi) is 23.0. The highest BCUT2D eigenvalue weighted by Crippen LogP contribution is 2.28.